The minimum Gasteiger partial charge on any atom is -0.397 e. The van der Waals surface area contributed by atoms with Gasteiger partial charge in [0.05, 0.1) is 37.7 Å². The molecule has 0 unspecified atom stereocenters. The Bertz CT molecular complexity index is 2280. The van der Waals surface area contributed by atoms with Gasteiger partial charge in [-0.15, -0.1) is 0 Å². The fraction of sp³-hybridized carbons (Fsp3) is 0.154. The largest absolute Gasteiger partial charge is 0.397 e. The van der Waals surface area contributed by atoms with E-state index in [0.717, 1.165) is 46.0 Å². The molecule has 0 saturated carbocycles. The summed E-state index contributed by atoms with van der Waals surface area (Å²) in [6.45, 7) is 1.84. The van der Waals surface area contributed by atoms with Crippen LogP contribution in [0.25, 0.3) is 0 Å². The summed E-state index contributed by atoms with van der Waals surface area (Å²) in [7, 11) is 5.79. The molecule has 55 heavy (non-hydrogen) atoms. The van der Waals surface area contributed by atoms with Crippen molar-refractivity contribution in [2.24, 2.45) is 0 Å². The topological polar surface area (TPSA) is 130 Å². The van der Waals surface area contributed by atoms with Crippen LogP contribution in [0.15, 0.2) is 110 Å². The molecule has 6 aromatic rings. The van der Waals surface area contributed by atoms with Gasteiger partial charge in [0, 0.05) is 87.8 Å². The van der Waals surface area contributed by atoms with Gasteiger partial charge in [0.2, 0.25) is 0 Å². The Balaban J connectivity index is 0.000000159. The van der Waals surface area contributed by atoms with Crippen molar-refractivity contribution in [1.29, 1.82) is 0 Å². The van der Waals surface area contributed by atoms with Gasteiger partial charge in [-0.1, -0.05) is 94.4 Å². The number of halogens is 5. The number of nitro benzene ring substituents is 1. The van der Waals surface area contributed by atoms with Crippen LogP contribution < -0.4 is 25.8 Å². The lowest BCUT2D eigenvalue weighted by molar-refractivity contribution is -0.384. The average molecular weight is 840 g/mol. The van der Waals surface area contributed by atoms with E-state index in [-0.39, 0.29) is 5.69 Å². The van der Waals surface area contributed by atoms with Crippen molar-refractivity contribution in [1.82, 2.24) is 15.0 Å². The highest BCUT2D eigenvalue weighted by atomic mass is 35.5. The Hall–Kier alpha value is -5.04. The number of rotatable bonds is 7. The van der Waals surface area contributed by atoms with Crippen LogP contribution in [0.1, 0.15) is 16.7 Å². The number of anilines is 6. The maximum absolute atomic E-state index is 11.0. The zero-order chi connectivity index (χ0) is 39.6. The normalized spacial score (nSPS) is 11.3. The number of aromatic nitrogens is 3. The number of benzene rings is 3. The second-order valence-corrected chi connectivity index (χ2v) is 14.4. The van der Waals surface area contributed by atoms with E-state index in [0.29, 0.717) is 44.3 Å². The van der Waals surface area contributed by atoms with Gasteiger partial charge in [0.1, 0.15) is 21.1 Å². The second-order valence-electron chi connectivity index (χ2n) is 12.4. The lowest BCUT2D eigenvalue weighted by Gasteiger charge is -2.21. The number of fused-ring (bicyclic) bond motifs is 2. The van der Waals surface area contributed by atoms with Gasteiger partial charge in [-0.25, -0.2) is 15.0 Å². The Morgan fingerprint density at radius 1 is 0.727 bits per heavy atom. The van der Waals surface area contributed by atoms with E-state index < -0.39 is 4.92 Å². The maximum atomic E-state index is 11.0. The summed E-state index contributed by atoms with van der Waals surface area (Å²) < 4.78 is 0. The zero-order valence-electron chi connectivity index (χ0n) is 29.9. The maximum Gasteiger partial charge on any atom is 0.292 e. The van der Waals surface area contributed by atoms with Crippen molar-refractivity contribution in [3.8, 4) is 0 Å². The highest BCUT2D eigenvalue weighted by Crippen LogP contribution is 2.35. The molecular formula is C39H36Cl5N9O2. The molecule has 0 atom stereocenters. The molecule has 11 nitrogen and oxygen atoms in total. The van der Waals surface area contributed by atoms with Gasteiger partial charge in [-0.05, 0) is 48.5 Å². The van der Waals surface area contributed by atoms with Crippen molar-refractivity contribution in [3.63, 3.8) is 0 Å². The van der Waals surface area contributed by atoms with Gasteiger partial charge in [0.25, 0.3) is 5.69 Å². The summed E-state index contributed by atoms with van der Waals surface area (Å²) in [5.74, 6) is 0. The van der Waals surface area contributed by atoms with Crippen LogP contribution in [-0.4, -0.2) is 41.0 Å². The Morgan fingerprint density at radius 2 is 1.24 bits per heavy atom. The Kier molecular flexibility index (Phi) is 14.2. The summed E-state index contributed by atoms with van der Waals surface area (Å²) >= 11 is 29.6. The molecule has 0 fully saturated rings. The highest BCUT2D eigenvalue weighted by molar-refractivity contribution is 6.35. The molecule has 3 aromatic heterocycles. The first-order valence-corrected chi connectivity index (χ1v) is 18.5. The smallest absolute Gasteiger partial charge is 0.292 e. The Labute approximate surface area is 344 Å². The van der Waals surface area contributed by atoms with E-state index in [1.165, 1.54) is 11.8 Å². The summed E-state index contributed by atoms with van der Waals surface area (Å²) in [5.41, 5.74) is 14.3. The number of nitro groups is 1. The number of hydrogen-bond acceptors (Lipinski definition) is 10. The molecule has 0 aliphatic carbocycles. The molecule has 0 amide bonds. The van der Waals surface area contributed by atoms with Crippen molar-refractivity contribution >= 4 is 97.8 Å². The quantitative estimate of drug-likeness (QED) is 0.0693. The lowest BCUT2D eigenvalue weighted by atomic mass is 10.2. The van der Waals surface area contributed by atoms with Crippen LogP contribution in [0.5, 0.6) is 0 Å². The molecule has 0 saturated heterocycles. The van der Waals surface area contributed by atoms with Crippen LogP contribution >= 0.6 is 58.0 Å². The SMILES string of the molecule is CN(Cc1cnc(Cl)cc1Cl)c1ccccc1N.CN(Cc1cnc(Cl)cc1Cl)c1ccccc1[N+](=O)[O-].CN1Cc2cnc(Cl)cc2Nc2ccccc21. The number of pyridine rings is 3. The van der Waals surface area contributed by atoms with Crippen LogP contribution in [-0.2, 0) is 19.6 Å². The molecule has 1 aliphatic heterocycles. The molecular weight excluding hydrogens is 804 g/mol. The average Bonchev–Trinajstić information content (AvgIpc) is 3.29. The molecule has 7 rings (SSSR count). The summed E-state index contributed by atoms with van der Waals surface area (Å²) in [5, 5.41) is 16.7. The third-order valence-electron chi connectivity index (χ3n) is 8.39. The van der Waals surface area contributed by atoms with Crippen molar-refractivity contribution in [2.45, 2.75) is 19.6 Å². The predicted octanol–water partition coefficient (Wildman–Crippen LogP) is 11.0. The van der Waals surface area contributed by atoms with E-state index in [9.17, 15) is 10.1 Å². The fourth-order valence-electron chi connectivity index (χ4n) is 5.66. The monoisotopic (exact) mass is 837 g/mol. The summed E-state index contributed by atoms with van der Waals surface area (Å²) in [6, 6.07) is 27.5. The van der Waals surface area contributed by atoms with E-state index in [2.05, 4.69) is 44.3 Å². The van der Waals surface area contributed by atoms with E-state index in [1.54, 1.807) is 54.7 Å². The van der Waals surface area contributed by atoms with Crippen molar-refractivity contribution in [2.75, 3.05) is 46.9 Å². The van der Waals surface area contributed by atoms with Crippen LogP contribution in [0.3, 0.4) is 0 Å². The van der Waals surface area contributed by atoms with Gasteiger partial charge in [-0.3, -0.25) is 10.1 Å². The van der Waals surface area contributed by atoms with Gasteiger partial charge in [-0.2, -0.15) is 0 Å². The standard InChI is InChI=1S/C13H11Cl2N3O2.C13H13Cl2N3.C13H12ClN3/c1-17(8-9-7-16-13(15)6-10(9)14)11-4-2-3-5-12(11)18(19)20;1-18(12-5-3-2-4-11(12)16)8-9-7-17-13(15)6-10(9)14;1-17-8-9-7-15-13(14)6-11(9)16-10-4-2-3-5-12(10)17/h2-7H,8H2,1H3;2-7H,8,16H2,1H3;2-7,16H,8H2,1H3. The molecule has 0 radical (unpaired) electrons. The first-order valence-electron chi connectivity index (χ1n) is 16.6. The van der Waals surface area contributed by atoms with Gasteiger partial charge < -0.3 is 25.8 Å². The number of nitrogens with one attached hydrogen (secondary N) is 1. The van der Waals surface area contributed by atoms with E-state index in [1.807, 2.05) is 60.6 Å². The summed E-state index contributed by atoms with van der Waals surface area (Å²) in [6.07, 6.45) is 5.07. The summed E-state index contributed by atoms with van der Waals surface area (Å²) in [4.78, 5) is 28.7. The second kappa shape index (κ2) is 19.0. The van der Waals surface area contributed by atoms with E-state index >= 15 is 0 Å². The predicted molar refractivity (Wildman–Crippen MR) is 228 cm³/mol. The first-order chi connectivity index (χ1) is 26.3. The van der Waals surface area contributed by atoms with Crippen LogP contribution in [0.4, 0.5) is 39.8 Å². The van der Waals surface area contributed by atoms with Crippen LogP contribution in [0, 0.1) is 10.1 Å². The molecule has 4 heterocycles. The van der Waals surface area contributed by atoms with Crippen LogP contribution in [0.2, 0.25) is 25.5 Å². The van der Waals surface area contributed by atoms with Crippen molar-refractivity contribution in [3.05, 3.63) is 162 Å². The van der Waals surface area contributed by atoms with Crippen molar-refractivity contribution < 1.29 is 4.92 Å². The lowest BCUT2D eigenvalue weighted by Crippen LogP contribution is -2.18. The third kappa shape index (κ3) is 11.0. The molecule has 16 heteroatoms. The minimum absolute atomic E-state index is 0.0491. The third-order valence-corrected chi connectivity index (χ3v) is 9.71. The Morgan fingerprint density at radius 3 is 1.84 bits per heavy atom. The minimum atomic E-state index is -0.409. The number of nitrogens with two attached hydrogens (primary N) is 1. The van der Waals surface area contributed by atoms with Gasteiger partial charge >= 0.3 is 0 Å². The molecule has 3 aromatic carbocycles. The zero-order valence-corrected chi connectivity index (χ0v) is 33.7. The van der Waals surface area contributed by atoms with Gasteiger partial charge in [0.15, 0.2) is 0 Å². The molecule has 284 valence electrons. The number of nitrogen functional groups attached to an aromatic ring is 1. The number of hydrogen-bond donors (Lipinski definition) is 2. The molecule has 0 spiro atoms. The highest BCUT2D eigenvalue weighted by Gasteiger charge is 2.18. The van der Waals surface area contributed by atoms with E-state index in [4.69, 9.17) is 63.7 Å². The fourth-order valence-corrected chi connectivity index (χ4v) is 6.67. The first kappa shape index (κ1) is 41.1. The molecule has 3 N–H and O–H groups in total. The molecule has 0 bridgehead atoms. The number of nitrogens with zero attached hydrogens (tertiary/aromatic N) is 7. The number of para-hydroxylation sites is 6. The molecule has 1 aliphatic rings.